The Kier molecular flexibility index (Phi) is 8.55. The molecule has 182 valence electrons. The minimum Gasteiger partial charge on any atom is -0.447 e. The number of oxazole rings is 1. The zero-order valence-electron chi connectivity index (χ0n) is 19.5. The lowest BCUT2D eigenvalue weighted by Crippen LogP contribution is -2.49. The highest BCUT2D eigenvalue weighted by Crippen LogP contribution is 2.17. The van der Waals surface area contributed by atoms with Crippen LogP contribution in [-0.2, 0) is 11.3 Å². The highest BCUT2D eigenvalue weighted by Gasteiger charge is 2.26. The first-order chi connectivity index (χ1) is 16.6. The second-order valence-corrected chi connectivity index (χ2v) is 8.69. The van der Waals surface area contributed by atoms with Gasteiger partial charge in [-0.05, 0) is 12.1 Å². The smallest absolute Gasteiger partial charge is 0.275 e. The molecule has 1 aromatic carbocycles. The van der Waals surface area contributed by atoms with Gasteiger partial charge in [0.15, 0.2) is 5.69 Å². The number of β-amino-alcohol motifs (C(OH)–C–C–N with tert-alkyl or cyclic N) is 1. The van der Waals surface area contributed by atoms with Crippen LogP contribution in [0.4, 0.5) is 5.69 Å². The summed E-state index contributed by atoms with van der Waals surface area (Å²) in [6, 6.07) is 10.3. The number of hydrogen-bond acceptors (Lipinski definition) is 8. The SMILES string of the molecule is C#CCOCC(O)CN1CCN(Cc2nc(C(=O)N3CCN(c4ccccc4)CC3)co2)CC1. The number of aliphatic hydroxyl groups is 1. The molecule has 2 aliphatic heterocycles. The summed E-state index contributed by atoms with van der Waals surface area (Å²) in [6.45, 7) is 7.88. The molecule has 1 amide bonds. The molecule has 2 fully saturated rings. The number of nitrogens with zero attached hydrogens (tertiary/aromatic N) is 5. The van der Waals surface area contributed by atoms with Crippen molar-refractivity contribution in [1.82, 2.24) is 19.7 Å². The number of ether oxygens (including phenoxy) is 1. The van der Waals surface area contributed by atoms with Crippen molar-refractivity contribution in [3.63, 3.8) is 0 Å². The van der Waals surface area contributed by atoms with E-state index in [1.165, 1.54) is 12.0 Å². The van der Waals surface area contributed by atoms with Gasteiger partial charge in [0.1, 0.15) is 12.9 Å². The maximum atomic E-state index is 12.9. The standard InChI is InChI=1S/C25H33N5O4/c1-2-16-33-19-22(31)17-27-8-10-28(11-9-27)18-24-26-23(20-34-24)25(32)30-14-12-29(13-15-30)21-6-4-3-5-7-21/h1,3-7,20,22,31H,8-19H2. The Balaban J connectivity index is 1.19. The van der Waals surface area contributed by atoms with Crippen molar-refractivity contribution in [1.29, 1.82) is 0 Å². The zero-order valence-corrected chi connectivity index (χ0v) is 19.5. The van der Waals surface area contributed by atoms with Crippen LogP contribution in [0, 0.1) is 12.3 Å². The number of terminal acetylenes is 1. The first kappa shape index (κ1) is 24.2. The van der Waals surface area contributed by atoms with Crippen LogP contribution in [0.1, 0.15) is 16.4 Å². The first-order valence-corrected chi connectivity index (χ1v) is 11.8. The summed E-state index contributed by atoms with van der Waals surface area (Å²) in [5.74, 6) is 2.88. The van der Waals surface area contributed by atoms with Gasteiger partial charge in [-0.25, -0.2) is 4.98 Å². The lowest BCUT2D eigenvalue weighted by atomic mass is 10.2. The van der Waals surface area contributed by atoms with Crippen molar-refractivity contribution in [2.45, 2.75) is 12.6 Å². The lowest BCUT2D eigenvalue weighted by molar-refractivity contribution is 0.0146. The van der Waals surface area contributed by atoms with E-state index in [2.05, 4.69) is 37.7 Å². The average molecular weight is 468 g/mol. The second-order valence-electron chi connectivity index (χ2n) is 8.69. The number of piperazine rings is 2. The van der Waals surface area contributed by atoms with Crippen molar-refractivity contribution in [2.24, 2.45) is 0 Å². The third kappa shape index (κ3) is 6.58. The van der Waals surface area contributed by atoms with Crippen LogP contribution in [0.5, 0.6) is 0 Å². The normalized spacial score (nSPS) is 18.6. The van der Waals surface area contributed by atoms with Crippen LogP contribution in [0.25, 0.3) is 0 Å². The van der Waals surface area contributed by atoms with Gasteiger partial charge in [-0.15, -0.1) is 6.42 Å². The molecule has 1 unspecified atom stereocenters. The molecule has 1 atom stereocenters. The first-order valence-electron chi connectivity index (χ1n) is 11.8. The molecular weight excluding hydrogens is 434 g/mol. The van der Waals surface area contributed by atoms with E-state index in [9.17, 15) is 9.90 Å². The number of anilines is 1. The molecule has 0 spiro atoms. The van der Waals surface area contributed by atoms with Gasteiger partial charge in [0, 0.05) is 64.6 Å². The Morgan fingerprint density at radius 3 is 2.50 bits per heavy atom. The molecule has 9 nitrogen and oxygen atoms in total. The zero-order chi connectivity index (χ0) is 23.8. The summed E-state index contributed by atoms with van der Waals surface area (Å²) >= 11 is 0. The maximum Gasteiger partial charge on any atom is 0.275 e. The number of hydrogen-bond donors (Lipinski definition) is 1. The van der Waals surface area contributed by atoms with E-state index in [-0.39, 0.29) is 19.1 Å². The highest BCUT2D eigenvalue weighted by atomic mass is 16.5. The Bertz CT molecular complexity index is 944. The number of aromatic nitrogens is 1. The second kappa shape index (κ2) is 12.0. The maximum absolute atomic E-state index is 12.9. The van der Waals surface area contributed by atoms with E-state index >= 15 is 0 Å². The van der Waals surface area contributed by atoms with E-state index in [1.807, 2.05) is 23.1 Å². The summed E-state index contributed by atoms with van der Waals surface area (Å²) in [5.41, 5.74) is 1.56. The van der Waals surface area contributed by atoms with Gasteiger partial charge in [-0.3, -0.25) is 14.6 Å². The van der Waals surface area contributed by atoms with Gasteiger partial charge in [-0.1, -0.05) is 24.1 Å². The molecule has 0 saturated carbocycles. The third-order valence-corrected chi connectivity index (χ3v) is 6.25. The number of rotatable bonds is 9. The van der Waals surface area contributed by atoms with E-state index in [4.69, 9.17) is 15.6 Å². The fraction of sp³-hybridized carbons (Fsp3) is 0.520. The molecule has 2 aromatic rings. The fourth-order valence-corrected chi connectivity index (χ4v) is 4.38. The molecule has 0 aliphatic carbocycles. The Labute approximate surface area is 200 Å². The van der Waals surface area contributed by atoms with Gasteiger partial charge in [0.25, 0.3) is 5.91 Å². The van der Waals surface area contributed by atoms with Crippen molar-refractivity contribution in [2.75, 3.05) is 77.0 Å². The predicted octanol–water partition coefficient (Wildman–Crippen LogP) is 0.765. The molecule has 1 N–H and O–H groups in total. The van der Waals surface area contributed by atoms with Crippen LogP contribution in [-0.4, -0.2) is 109 Å². The Morgan fingerprint density at radius 1 is 1.09 bits per heavy atom. The Hall–Kier alpha value is -2.90. The minimum atomic E-state index is -0.547. The molecular formula is C25H33N5O4. The summed E-state index contributed by atoms with van der Waals surface area (Å²) < 4.78 is 10.8. The topological polar surface area (TPSA) is 85.5 Å². The summed E-state index contributed by atoms with van der Waals surface area (Å²) in [4.78, 5) is 26.0. The van der Waals surface area contributed by atoms with E-state index < -0.39 is 6.10 Å². The molecule has 0 bridgehead atoms. The Morgan fingerprint density at radius 2 is 1.79 bits per heavy atom. The number of carbonyl (C=O) groups excluding carboxylic acids is 1. The molecule has 2 saturated heterocycles. The molecule has 0 radical (unpaired) electrons. The molecule has 3 heterocycles. The number of para-hydroxylation sites is 1. The van der Waals surface area contributed by atoms with Crippen molar-refractivity contribution >= 4 is 11.6 Å². The summed E-state index contributed by atoms with van der Waals surface area (Å²) in [5, 5.41) is 10.1. The van der Waals surface area contributed by atoms with Gasteiger partial charge < -0.3 is 24.1 Å². The van der Waals surface area contributed by atoms with Crippen LogP contribution in [0.15, 0.2) is 41.0 Å². The molecule has 9 heteroatoms. The quantitative estimate of drug-likeness (QED) is 0.428. The van der Waals surface area contributed by atoms with Gasteiger partial charge in [0.05, 0.1) is 19.3 Å². The highest BCUT2D eigenvalue weighted by molar-refractivity contribution is 5.92. The van der Waals surface area contributed by atoms with E-state index in [1.54, 1.807) is 0 Å². The van der Waals surface area contributed by atoms with Gasteiger partial charge in [-0.2, -0.15) is 0 Å². The molecule has 1 aromatic heterocycles. The van der Waals surface area contributed by atoms with Crippen LogP contribution >= 0.6 is 0 Å². The number of carbonyl (C=O) groups is 1. The number of benzene rings is 1. The van der Waals surface area contributed by atoms with Crippen LogP contribution < -0.4 is 4.90 Å². The summed E-state index contributed by atoms with van der Waals surface area (Å²) in [7, 11) is 0. The molecule has 2 aliphatic rings. The van der Waals surface area contributed by atoms with Gasteiger partial charge >= 0.3 is 0 Å². The summed E-state index contributed by atoms with van der Waals surface area (Å²) in [6.07, 6.45) is 6.08. The largest absolute Gasteiger partial charge is 0.447 e. The fourth-order valence-electron chi connectivity index (χ4n) is 4.38. The van der Waals surface area contributed by atoms with Crippen LogP contribution in [0.3, 0.4) is 0 Å². The van der Waals surface area contributed by atoms with Crippen molar-refractivity contribution in [3.05, 3.63) is 48.2 Å². The van der Waals surface area contributed by atoms with E-state index in [0.717, 1.165) is 39.3 Å². The predicted molar refractivity (Wildman–Crippen MR) is 128 cm³/mol. The minimum absolute atomic E-state index is 0.0754. The number of aliphatic hydroxyl groups excluding tert-OH is 1. The monoisotopic (exact) mass is 467 g/mol. The number of amides is 1. The third-order valence-electron chi connectivity index (χ3n) is 6.25. The molecule has 4 rings (SSSR count). The van der Waals surface area contributed by atoms with Crippen molar-refractivity contribution in [3.8, 4) is 12.3 Å². The lowest BCUT2D eigenvalue weighted by Gasteiger charge is -2.35. The van der Waals surface area contributed by atoms with E-state index in [0.29, 0.717) is 37.8 Å². The van der Waals surface area contributed by atoms with Crippen LogP contribution in [0.2, 0.25) is 0 Å². The average Bonchev–Trinajstić information content (AvgIpc) is 3.34. The van der Waals surface area contributed by atoms with Crippen molar-refractivity contribution < 1.29 is 19.1 Å². The van der Waals surface area contributed by atoms with Gasteiger partial charge in [0.2, 0.25) is 5.89 Å². The molecule has 34 heavy (non-hydrogen) atoms.